The quantitative estimate of drug-likeness (QED) is 0.938. The van der Waals surface area contributed by atoms with E-state index in [-0.39, 0.29) is 12.5 Å². The average molecular weight is 285 g/mol. The molecule has 110 valence electrons. The molecular formula is C17H19NO3. The number of benzene rings is 2. The van der Waals surface area contributed by atoms with E-state index in [0.717, 1.165) is 29.4 Å². The highest BCUT2D eigenvalue weighted by Crippen LogP contribution is 2.31. The third-order valence-corrected chi connectivity index (χ3v) is 4.04. The third-order valence-electron chi connectivity index (χ3n) is 4.04. The van der Waals surface area contributed by atoms with E-state index >= 15 is 0 Å². The predicted molar refractivity (Wildman–Crippen MR) is 81.3 cm³/mol. The summed E-state index contributed by atoms with van der Waals surface area (Å²) in [6.45, 7) is 2.89. The smallest absolute Gasteiger partial charge is 0.305 e. The van der Waals surface area contributed by atoms with Crippen LogP contribution in [-0.2, 0) is 9.53 Å². The maximum Gasteiger partial charge on any atom is 0.305 e. The number of ether oxygens (including phenoxy) is 1. The number of aliphatic carboxylic acids is 1. The molecule has 0 amide bonds. The van der Waals surface area contributed by atoms with E-state index in [1.54, 1.807) is 0 Å². The van der Waals surface area contributed by atoms with Gasteiger partial charge in [0, 0.05) is 19.1 Å². The van der Waals surface area contributed by atoms with Crippen molar-refractivity contribution in [3.63, 3.8) is 0 Å². The lowest BCUT2D eigenvalue weighted by atomic mass is 9.95. The first-order valence-corrected chi connectivity index (χ1v) is 7.27. The van der Waals surface area contributed by atoms with E-state index in [4.69, 9.17) is 4.74 Å². The van der Waals surface area contributed by atoms with E-state index < -0.39 is 5.97 Å². The van der Waals surface area contributed by atoms with E-state index in [2.05, 4.69) is 23.1 Å². The summed E-state index contributed by atoms with van der Waals surface area (Å²) < 4.78 is 5.39. The van der Waals surface area contributed by atoms with Gasteiger partial charge in [0.25, 0.3) is 0 Å². The van der Waals surface area contributed by atoms with Gasteiger partial charge in [0.05, 0.1) is 19.6 Å². The zero-order chi connectivity index (χ0) is 14.7. The lowest BCUT2D eigenvalue weighted by Crippen LogP contribution is -2.40. The van der Waals surface area contributed by atoms with Crippen LogP contribution in [0.5, 0.6) is 0 Å². The molecule has 0 radical (unpaired) electrons. The highest BCUT2D eigenvalue weighted by atomic mass is 16.5. The topological polar surface area (TPSA) is 49.8 Å². The Morgan fingerprint density at radius 1 is 1.14 bits per heavy atom. The fourth-order valence-electron chi connectivity index (χ4n) is 3.03. The maximum absolute atomic E-state index is 11.3. The first kappa shape index (κ1) is 14.0. The van der Waals surface area contributed by atoms with Crippen LogP contribution in [-0.4, -0.2) is 42.3 Å². The van der Waals surface area contributed by atoms with Gasteiger partial charge < -0.3 is 9.84 Å². The Bertz CT molecular complexity index is 629. The molecule has 0 aromatic heterocycles. The molecule has 1 saturated heterocycles. The second kappa shape index (κ2) is 6.24. The van der Waals surface area contributed by atoms with Crippen molar-refractivity contribution in [2.24, 2.45) is 0 Å². The fourth-order valence-corrected chi connectivity index (χ4v) is 3.03. The van der Waals surface area contributed by atoms with Gasteiger partial charge in [-0.3, -0.25) is 9.69 Å². The van der Waals surface area contributed by atoms with Crippen molar-refractivity contribution >= 4 is 16.7 Å². The molecule has 2 aromatic rings. The van der Waals surface area contributed by atoms with Gasteiger partial charge in [-0.25, -0.2) is 0 Å². The minimum absolute atomic E-state index is 0.0995. The Morgan fingerprint density at radius 2 is 1.86 bits per heavy atom. The molecule has 4 heteroatoms. The summed E-state index contributed by atoms with van der Waals surface area (Å²) in [7, 11) is 0. The summed E-state index contributed by atoms with van der Waals surface area (Å²) in [4.78, 5) is 13.5. The van der Waals surface area contributed by atoms with Crippen LogP contribution in [0.4, 0.5) is 0 Å². The molecule has 1 unspecified atom stereocenters. The van der Waals surface area contributed by atoms with E-state index in [1.807, 2.05) is 24.3 Å². The molecule has 0 spiro atoms. The number of carboxylic acid groups (broad SMARTS) is 1. The summed E-state index contributed by atoms with van der Waals surface area (Å²) >= 11 is 0. The highest BCUT2D eigenvalue weighted by Gasteiger charge is 2.26. The van der Waals surface area contributed by atoms with Crippen LogP contribution in [0.3, 0.4) is 0 Å². The molecule has 0 aliphatic carbocycles. The second-order valence-corrected chi connectivity index (χ2v) is 5.33. The Balaban J connectivity index is 2.02. The summed E-state index contributed by atoms with van der Waals surface area (Å²) in [6.07, 6.45) is 0.119. The number of hydrogen-bond donors (Lipinski definition) is 1. The van der Waals surface area contributed by atoms with Crippen molar-refractivity contribution in [2.45, 2.75) is 12.5 Å². The summed E-state index contributed by atoms with van der Waals surface area (Å²) in [6, 6.07) is 14.2. The molecule has 1 heterocycles. The van der Waals surface area contributed by atoms with Gasteiger partial charge in [0.2, 0.25) is 0 Å². The minimum atomic E-state index is -0.764. The molecular weight excluding hydrogens is 266 g/mol. The standard InChI is InChI=1S/C17H19NO3/c19-17(20)12-16(18-8-10-21-11-9-18)15-7-3-5-13-4-1-2-6-14(13)15/h1-7,16H,8-12H2,(H,19,20). The SMILES string of the molecule is O=C(O)CC(c1cccc2ccccc12)N1CCOCC1. The number of morpholine rings is 1. The molecule has 1 aliphatic rings. The number of carboxylic acids is 1. The second-order valence-electron chi connectivity index (χ2n) is 5.33. The van der Waals surface area contributed by atoms with Crippen LogP contribution >= 0.6 is 0 Å². The fraction of sp³-hybridized carbons (Fsp3) is 0.353. The maximum atomic E-state index is 11.3. The Hall–Kier alpha value is -1.91. The van der Waals surface area contributed by atoms with Crippen molar-refractivity contribution in [1.82, 2.24) is 4.90 Å². The normalized spacial score (nSPS) is 17.7. The Labute approximate surface area is 123 Å². The van der Waals surface area contributed by atoms with Gasteiger partial charge in [0.15, 0.2) is 0 Å². The molecule has 0 bridgehead atoms. The molecule has 3 rings (SSSR count). The van der Waals surface area contributed by atoms with Gasteiger partial charge in [-0.15, -0.1) is 0 Å². The van der Waals surface area contributed by atoms with E-state index in [9.17, 15) is 9.90 Å². The van der Waals surface area contributed by atoms with Gasteiger partial charge in [-0.05, 0) is 16.3 Å². The molecule has 2 aromatic carbocycles. The predicted octanol–water partition coefficient (Wildman–Crippen LogP) is 2.69. The Kier molecular flexibility index (Phi) is 4.18. The van der Waals surface area contributed by atoms with Crippen molar-refractivity contribution in [3.8, 4) is 0 Å². The summed E-state index contributed by atoms with van der Waals surface area (Å²) in [5.41, 5.74) is 1.09. The first-order chi connectivity index (χ1) is 10.3. The molecule has 1 aliphatic heterocycles. The van der Waals surface area contributed by atoms with Gasteiger partial charge in [-0.2, -0.15) is 0 Å². The number of nitrogens with zero attached hydrogens (tertiary/aromatic N) is 1. The summed E-state index contributed by atoms with van der Waals surface area (Å²) in [5.74, 6) is -0.764. The minimum Gasteiger partial charge on any atom is -0.481 e. The highest BCUT2D eigenvalue weighted by molar-refractivity contribution is 5.86. The van der Waals surface area contributed by atoms with Crippen LogP contribution in [0.25, 0.3) is 10.8 Å². The number of fused-ring (bicyclic) bond motifs is 1. The molecule has 0 saturated carbocycles. The molecule has 1 fully saturated rings. The third kappa shape index (κ3) is 3.06. The van der Waals surface area contributed by atoms with Crippen molar-refractivity contribution in [3.05, 3.63) is 48.0 Å². The van der Waals surface area contributed by atoms with Crippen LogP contribution in [0.1, 0.15) is 18.0 Å². The summed E-state index contributed by atoms with van der Waals surface area (Å²) in [5, 5.41) is 11.6. The zero-order valence-electron chi connectivity index (χ0n) is 11.9. The van der Waals surface area contributed by atoms with Crippen molar-refractivity contribution in [1.29, 1.82) is 0 Å². The number of carbonyl (C=O) groups is 1. The molecule has 1 N–H and O–H groups in total. The molecule has 4 nitrogen and oxygen atoms in total. The van der Waals surface area contributed by atoms with Crippen molar-refractivity contribution < 1.29 is 14.6 Å². The van der Waals surface area contributed by atoms with Crippen LogP contribution < -0.4 is 0 Å². The first-order valence-electron chi connectivity index (χ1n) is 7.27. The Morgan fingerprint density at radius 3 is 2.62 bits per heavy atom. The van der Waals surface area contributed by atoms with E-state index in [0.29, 0.717) is 13.2 Å². The van der Waals surface area contributed by atoms with Crippen LogP contribution in [0, 0.1) is 0 Å². The van der Waals surface area contributed by atoms with Gasteiger partial charge in [-0.1, -0.05) is 42.5 Å². The zero-order valence-corrected chi connectivity index (χ0v) is 11.9. The van der Waals surface area contributed by atoms with Crippen LogP contribution in [0.2, 0.25) is 0 Å². The lowest BCUT2D eigenvalue weighted by molar-refractivity contribution is -0.139. The largest absolute Gasteiger partial charge is 0.481 e. The molecule has 21 heavy (non-hydrogen) atoms. The lowest BCUT2D eigenvalue weighted by Gasteiger charge is -2.34. The van der Waals surface area contributed by atoms with Gasteiger partial charge >= 0.3 is 5.97 Å². The number of hydrogen-bond acceptors (Lipinski definition) is 3. The number of rotatable bonds is 4. The monoisotopic (exact) mass is 285 g/mol. The van der Waals surface area contributed by atoms with Crippen molar-refractivity contribution in [2.75, 3.05) is 26.3 Å². The average Bonchev–Trinajstić information content (AvgIpc) is 2.53. The van der Waals surface area contributed by atoms with Crippen LogP contribution in [0.15, 0.2) is 42.5 Å². The molecule has 1 atom stereocenters. The van der Waals surface area contributed by atoms with Gasteiger partial charge in [0.1, 0.15) is 0 Å². The van der Waals surface area contributed by atoms with E-state index in [1.165, 1.54) is 0 Å².